The first-order valence-corrected chi connectivity index (χ1v) is 5.38. The minimum atomic E-state index is 0.986. The predicted molar refractivity (Wildman–Crippen MR) is 49.1 cm³/mol. The van der Waals surface area contributed by atoms with E-state index >= 15 is 0 Å². The molecule has 0 radical (unpaired) electrons. The van der Waals surface area contributed by atoms with E-state index in [1.54, 1.807) is 0 Å². The molecule has 2 heteroatoms. The molecule has 1 saturated carbocycles. The van der Waals surface area contributed by atoms with E-state index in [9.17, 15) is 0 Å². The van der Waals surface area contributed by atoms with Crippen molar-refractivity contribution < 1.29 is 0 Å². The Bertz CT molecular complexity index is 177. The number of hydrogen-bond donors (Lipinski definition) is 1. The average molecular weight is 166 g/mol. The molecule has 2 nitrogen and oxygen atoms in total. The van der Waals surface area contributed by atoms with Gasteiger partial charge in [0.2, 0.25) is 0 Å². The van der Waals surface area contributed by atoms with E-state index in [1.165, 1.54) is 45.4 Å². The van der Waals surface area contributed by atoms with Gasteiger partial charge in [-0.2, -0.15) is 0 Å². The molecule has 2 atom stereocenters. The van der Waals surface area contributed by atoms with Crippen LogP contribution in [0.2, 0.25) is 0 Å². The summed E-state index contributed by atoms with van der Waals surface area (Å²) < 4.78 is 0. The fourth-order valence-corrected chi connectivity index (χ4v) is 2.83. The van der Waals surface area contributed by atoms with Crippen LogP contribution in [0.15, 0.2) is 0 Å². The summed E-state index contributed by atoms with van der Waals surface area (Å²) in [5.74, 6) is 2.00. The number of piperidine rings is 1. The Hall–Kier alpha value is -0.0800. The lowest BCUT2D eigenvalue weighted by Crippen LogP contribution is -2.41. The van der Waals surface area contributed by atoms with Crippen LogP contribution < -0.4 is 5.32 Å². The zero-order chi connectivity index (χ0) is 7.97. The molecule has 2 unspecified atom stereocenters. The average Bonchev–Trinajstić information content (AvgIpc) is 2.84. The number of nitrogens with one attached hydrogen (secondary N) is 1. The third-order valence-electron chi connectivity index (χ3n) is 3.80. The van der Waals surface area contributed by atoms with Gasteiger partial charge in [-0.15, -0.1) is 0 Å². The SMILES string of the molecule is C1CN(C2CC2)CC2CNCC12. The van der Waals surface area contributed by atoms with Crippen molar-refractivity contribution in [2.24, 2.45) is 11.8 Å². The Morgan fingerprint density at radius 1 is 1.00 bits per heavy atom. The van der Waals surface area contributed by atoms with E-state index in [2.05, 4.69) is 10.2 Å². The maximum absolute atomic E-state index is 3.52. The lowest BCUT2D eigenvalue weighted by atomic mass is 9.89. The van der Waals surface area contributed by atoms with E-state index in [-0.39, 0.29) is 0 Å². The highest BCUT2D eigenvalue weighted by molar-refractivity contribution is 4.93. The highest BCUT2D eigenvalue weighted by Gasteiger charge is 2.38. The zero-order valence-electron chi connectivity index (χ0n) is 7.63. The molecule has 0 aromatic carbocycles. The van der Waals surface area contributed by atoms with Crippen LogP contribution in [-0.4, -0.2) is 37.1 Å². The first kappa shape index (κ1) is 7.34. The van der Waals surface area contributed by atoms with Crippen LogP contribution in [0.4, 0.5) is 0 Å². The third kappa shape index (κ3) is 1.17. The van der Waals surface area contributed by atoms with Crippen molar-refractivity contribution >= 4 is 0 Å². The first-order chi connectivity index (χ1) is 5.93. The quantitative estimate of drug-likeness (QED) is 0.616. The van der Waals surface area contributed by atoms with Crippen LogP contribution in [0.1, 0.15) is 19.3 Å². The van der Waals surface area contributed by atoms with Crippen molar-refractivity contribution in [3.05, 3.63) is 0 Å². The summed E-state index contributed by atoms with van der Waals surface area (Å²) in [6.45, 7) is 5.35. The molecule has 68 valence electrons. The van der Waals surface area contributed by atoms with Crippen LogP contribution in [0.25, 0.3) is 0 Å². The molecule has 1 N–H and O–H groups in total. The number of rotatable bonds is 1. The molecule has 3 rings (SSSR count). The van der Waals surface area contributed by atoms with Crippen molar-refractivity contribution in [3.8, 4) is 0 Å². The minimum absolute atomic E-state index is 0.986. The van der Waals surface area contributed by atoms with Crippen molar-refractivity contribution in [2.75, 3.05) is 26.2 Å². The van der Waals surface area contributed by atoms with Gasteiger partial charge in [0.25, 0.3) is 0 Å². The predicted octanol–water partition coefficient (Wildman–Crippen LogP) is 0.690. The Morgan fingerprint density at radius 3 is 2.67 bits per heavy atom. The molecule has 3 aliphatic rings. The topological polar surface area (TPSA) is 15.3 Å². The maximum atomic E-state index is 3.52. The summed E-state index contributed by atoms with van der Waals surface area (Å²) in [5, 5.41) is 3.52. The van der Waals surface area contributed by atoms with Gasteiger partial charge in [-0.1, -0.05) is 0 Å². The van der Waals surface area contributed by atoms with Crippen molar-refractivity contribution in [3.63, 3.8) is 0 Å². The van der Waals surface area contributed by atoms with Gasteiger partial charge in [-0.3, -0.25) is 0 Å². The second-order valence-corrected chi connectivity index (χ2v) is 4.69. The van der Waals surface area contributed by atoms with Gasteiger partial charge in [0.15, 0.2) is 0 Å². The Balaban J connectivity index is 1.64. The van der Waals surface area contributed by atoms with E-state index in [0.29, 0.717) is 0 Å². The second kappa shape index (κ2) is 2.71. The number of fused-ring (bicyclic) bond motifs is 1. The van der Waals surface area contributed by atoms with Crippen LogP contribution in [0.5, 0.6) is 0 Å². The summed E-state index contributed by atoms with van der Waals surface area (Å²) in [6, 6.07) is 0.992. The molecule has 0 spiro atoms. The lowest BCUT2D eigenvalue weighted by Gasteiger charge is -2.34. The minimum Gasteiger partial charge on any atom is -0.316 e. The summed E-state index contributed by atoms with van der Waals surface area (Å²) in [6.07, 6.45) is 4.41. The maximum Gasteiger partial charge on any atom is 0.00965 e. The van der Waals surface area contributed by atoms with Crippen LogP contribution in [0, 0.1) is 11.8 Å². The molecule has 1 aliphatic carbocycles. The normalized spacial score (nSPS) is 43.0. The van der Waals surface area contributed by atoms with Gasteiger partial charge >= 0.3 is 0 Å². The molecule has 2 heterocycles. The molecule has 0 amide bonds. The number of hydrogen-bond acceptors (Lipinski definition) is 2. The molecular formula is C10H18N2. The van der Waals surface area contributed by atoms with E-state index < -0.39 is 0 Å². The third-order valence-corrected chi connectivity index (χ3v) is 3.80. The molecular weight excluding hydrogens is 148 g/mol. The van der Waals surface area contributed by atoms with Crippen LogP contribution >= 0.6 is 0 Å². The highest BCUT2D eigenvalue weighted by Crippen LogP contribution is 2.34. The van der Waals surface area contributed by atoms with Gasteiger partial charge in [-0.25, -0.2) is 0 Å². The van der Waals surface area contributed by atoms with E-state index in [1.807, 2.05) is 0 Å². The molecule has 0 aromatic rings. The van der Waals surface area contributed by atoms with Gasteiger partial charge in [0.1, 0.15) is 0 Å². The van der Waals surface area contributed by atoms with E-state index in [0.717, 1.165) is 17.9 Å². The van der Waals surface area contributed by atoms with Crippen molar-refractivity contribution in [2.45, 2.75) is 25.3 Å². The van der Waals surface area contributed by atoms with Gasteiger partial charge in [-0.05, 0) is 50.7 Å². The molecule has 3 fully saturated rings. The Kier molecular flexibility index (Phi) is 1.66. The monoisotopic (exact) mass is 166 g/mol. The molecule has 2 aliphatic heterocycles. The summed E-state index contributed by atoms with van der Waals surface area (Å²) >= 11 is 0. The highest BCUT2D eigenvalue weighted by atomic mass is 15.2. The van der Waals surface area contributed by atoms with Gasteiger partial charge in [0, 0.05) is 12.6 Å². The largest absolute Gasteiger partial charge is 0.316 e. The van der Waals surface area contributed by atoms with Crippen molar-refractivity contribution in [1.82, 2.24) is 10.2 Å². The standard InChI is InChI=1S/C10H18N2/c1-2-10(1)12-4-3-8-5-11-6-9(8)7-12/h8-11H,1-7H2. The summed E-state index contributed by atoms with van der Waals surface area (Å²) in [5.41, 5.74) is 0. The van der Waals surface area contributed by atoms with Gasteiger partial charge < -0.3 is 10.2 Å². The number of nitrogens with zero attached hydrogens (tertiary/aromatic N) is 1. The first-order valence-electron chi connectivity index (χ1n) is 5.38. The van der Waals surface area contributed by atoms with Crippen molar-refractivity contribution in [1.29, 1.82) is 0 Å². The van der Waals surface area contributed by atoms with Crippen LogP contribution in [0.3, 0.4) is 0 Å². The lowest BCUT2D eigenvalue weighted by molar-refractivity contribution is 0.141. The molecule has 0 aromatic heterocycles. The Labute approximate surface area is 74.3 Å². The second-order valence-electron chi connectivity index (χ2n) is 4.69. The zero-order valence-corrected chi connectivity index (χ0v) is 7.63. The fraction of sp³-hybridized carbons (Fsp3) is 1.00. The molecule has 2 saturated heterocycles. The Morgan fingerprint density at radius 2 is 1.83 bits per heavy atom. The van der Waals surface area contributed by atoms with Crippen LogP contribution in [-0.2, 0) is 0 Å². The molecule has 0 bridgehead atoms. The fourth-order valence-electron chi connectivity index (χ4n) is 2.83. The summed E-state index contributed by atoms with van der Waals surface area (Å²) in [7, 11) is 0. The smallest absolute Gasteiger partial charge is 0.00965 e. The van der Waals surface area contributed by atoms with Gasteiger partial charge in [0.05, 0.1) is 0 Å². The molecule has 12 heavy (non-hydrogen) atoms. The van der Waals surface area contributed by atoms with E-state index in [4.69, 9.17) is 0 Å². The summed E-state index contributed by atoms with van der Waals surface area (Å²) in [4.78, 5) is 2.73. The number of likely N-dealkylation sites (tertiary alicyclic amines) is 1.